The van der Waals surface area contributed by atoms with Gasteiger partial charge in [0.15, 0.2) is 0 Å². The Morgan fingerprint density at radius 1 is 0.327 bits per heavy atom. The van der Waals surface area contributed by atoms with E-state index in [9.17, 15) is 0 Å². The van der Waals surface area contributed by atoms with Crippen molar-refractivity contribution in [3.8, 4) is 33.8 Å². The monoisotopic (exact) mass is 680 g/mol. The summed E-state index contributed by atoms with van der Waals surface area (Å²) in [6.07, 6.45) is 0. The van der Waals surface area contributed by atoms with Gasteiger partial charge < -0.3 is 19.3 Å². The molecule has 4 heteroatoms. The molecule has 0 aromatic heterocycles. The number of ether oxygens (including phenoxy) is 2. The standard InChI is InChI=1S/C48H44N2O2/c1-33-7-29-47(35(3)31-33)49(43-21-25-45(51-5)26-22-43)41-17-13-39(14-18-41)37-9-11-38(12-10-37)40-15-19-42(20-16-40)50(44-23-27-46(52-6)28-24-44)48-30-8-34(2)32-36(48)4/h7-32H,1-6H3. The topological polar surface area (TPSA) is 24.9 Å². The van der Waals surface area contributed by atoms with Gasteiger partial charge in [-0.15, -0.1) is 0 Å². The molecule has 52 heavy (non-hydrogen) atoms. The molecule has 4 nitrogen and oxygen atoms in total. The second-order valence-electron chi connectivity index (χ2n) is 13.3. The van der Waals surface area contributed by atoms with Crippen molar-refractivity contribution in [2.24, 2.45) is 0 Å². The molecule has 0 bridgehead atoms. The summed E-state index contributed by atoms with van der Waals surface area (Å²) in [5, 5.41) is 0. The number of hydrogen-bond donors (Lipinski definition) is 0. The molecule has 0 spiro atoms. The van der Waals surface area contributed by atoms with Crippen LogP contribution in [0.1, 0.15) is 22.3 Å². The van der Waals surface area contributed by atoms with Gasteiger partial charge in [0, 0.05) is 34.1 Å². The van der Waals surface area contributed by atoms with Crippen LogP contribution in [0.3, 0.4) is 0 Å². The molecule has 0 aliphatic rings. The van der Waals surface area contributed by atoms with Crippen LogP contribution in [-0.2, 0) is 0 Å². The van der Waals surface area contributed by atoms with Crippen LogP contribution in [0.5, 0.6) is 11.5 Å². The fourth-order valence-corrected chi connectivity index (χ4v) is 6.89. The molecule has 7 aromatic carbocycles. The molecule has 0 amide bonds. The van der Waals surface area contributed by atoms with Crippen LogP contribution in [0.4, 0.5) is 34.1 Å². The minimum absolute atomic E-state index is 0.840. The molecule has 7 rings (SSSR count). The third kappa shape index (κ3) is 7.15. The van der Waals surface area contributed by atoms with Crippen molar-refractivity contribution in [2.45, 2.75) is 27.7 Å². The maximum Gasteiger partial charge on any atom is 0.119 e. The Morgan fingerprint density at radius 2 is 0.596 bits per heavy atom. The molecule has 0 saturated carbocycles. The van der Waals surface area contributed by atoms with Crippen LogP contribution in [0.25, 0.3) is 22.3 Å². The highest BCUT2D eigenvalue weighted by molar-refractivity contribution is 5.82. The predicted octanol–water partition coefficient (Wildman–Crippen LogP) is 13.2. The van der Waals surface area contributed by atoms with Gasteiger partial charge in [0.2, 0.25) is 0 Å². The first kappa shape index (κ1) is 34.2. The third-order valence-electron chi connectivity index (χ3n) is 9.65. The maximum absolute atomic E-state index is 5.44. The van der Waals surface area contributed by atoms with E-state index in [0.29, 0.717) is 0 Å². The van der Waals surface area contributed by atoms with Crippen molar-refractivity contribution < 1.29 is 9.47 Å². The van der Waals surface area contributed by atoms with Gasteiger partial charge in [-0.3, -0.25) is 0 Å². The largest absolute Gasteiger partial charge is 0.497 e. The predicted molar refractivity (Wildman–Crippen MR) is 219 cm³/mol. The number of aryl methyl sites for hydroxylation is 4. The highest BCUT2D eigenvalue weighted by Crippen LogP contribution is 2.40. The third-order valence-corrected chi connectivity index (χ3v) is 9.65. The minimum Gasteiger partial charge on any atom is -0.497 e. The van der Waals surface area contributed by atoms with E-state index in [1.165, 1.54) is 44.5 Å². The molecule has 0 unspecified atom stereocenters. The Morgan fingerprint density at radius 3 is 0.865 bits per heavy atom. The Bertz CT molecular complexity index is 2110. The number of methoxy groups -OCH3 is 2. The summed E-state index contributed by atoms with van der Waals surface area (Å²) in [5.74, 6) is 1.68. The second-order valence-corrected chi connectivity index (χ2v) is 13.3. The van der Waals surface area contributed by atoms with Crippen LogP contribution < -0.4 is 19.3 Å². The fourth-order valence-electron chi connectivity index (χ4n) is 6.89. The first-order valence-corrected chi connectivity index (χ1v) is 17.6. The number of rotatable bonds is 10. The highest BCUT2D eigenvalue weighted by Gasteiger charge is 2.17. The number of benzene rings is 7. The quantitative estimate of drug-likeness (QED) is 0.144. The highest BCUT2D eigenvalue weighted by atomic mass is 16.5. The van der Waals surface area contributed by atoms with Gasteiger partial charge in [-0.2, -0.15) is 0 Å². The summed E-state index contributed by atoms with van der Waals surface area (Å²) < 4.78 is 10.9. The molecular weight excluding hydrogens is 637 g/mol. The Hall–Kier alpha value is -6.26. The van der Waals surface area contributed by atoms with Crippen molar-refractivity contribution in [1.82, 2.24) is 0 Å². The van der Waals surface area contributed by atoms with E-state index in [2.05, 4.69) is 171 Å². The zero-order valence-corrected chi connectivity index (χ0v) is 30.7. The first-order valence-electron chi connectivity index (χ1n) is 17.6. The lowest BCUT2D eigenvalue weighted by molar-refractivity contribution is 0.414. The molecule has 0 heterocycles. The molecule has 0 atom stereocenters. The van der Waals surface area contributed by atoms with Crippen LogP contribution in [0.15, 0.2) is 158 Å². The number of anilines is 6. The minimum atomic E-state index is 0.840. The van der Waals surface area contributed by atoms with Gasteiger partial charge >= 0.3 is 0 Å². The van der Waals surface area contributed by atoms with E-state index in [1.54, 1.807) is 14.2 Å². The summed E-state index contributed by atoms with van der Waals surface area (Å²) in [6.45, 7) is 8.61. The average molecular weight is 681 g/mol. The van der Waals surface area contributed by atoms with Crippen LogP contribution in [0, 0.1) is 27.7 Å². The van der Waals surface area contributed by atoms with Gasteiger partial charge in [0.05, 0.1) is 14.2 Å². The summed E-state index contributed by atoms with van der Waals surface area (Å²) in [6, 6.07) is 56.2. The number of hydrogen-bond acceptors (Lipinski definition) is 4. The van der Waals surface area contributed by atoms with Crippen LogP contribution in [0.2, 0.25) is 0 Å². The first-order chi connectivity index (χ1) is 25.3. The SMILES string of the molecule is COc1ccc(N(c2ccc(-c3ccc(-c4ccc(N(c5ccc(OC)cc5)c5ccc(C)cc5C)cc4)cc3)cc2)c2ccc(C)cc2C)cc1. The zero-order valence-electron chi connectivity index (χ0n) is 30.7. The Labute approximate surface area is 308 Å². The molecule has 7 aromatic rings. The molecule has 0 radical (unpaired) electrons. The van der Waals surface area contributed by atoms with Gasteiger partial charge in [0.25, 0.3) is 0 Å². The molecule has 0 aliphatic heterocycles. The van der Waals surface area contributed by atoms with Crippen LogP contribution in [-0.4, -0.2) is 14.2 Å². The fraction of sp³-hybridized carbons (Fsp3) is 0.125. The van der Waals surface area contributed by atoms with Gasteiger partial charge in [-0.1, -0.05) is 83.9 Å². The lowest BCUT2D eigenvalue weighted by atomic mass is 9.99. The second kappa shape index (κ2) is 14.9. The Balaban J connectivity index is 1.14. The van der Waals surface area contributed by atoms with Gasteiger partial charge in [0.1, 0.15) is 11.5 Å². The lowest BCUT2D eigenvalue weighted by Crippen LogP contribution is -2.11. The van der Waals surface area contributed by atoms with Gasteiger partial charge in [-0.05, 0) is 146 Å². The molecule has 0 saturated heterocycles. The van der Waals surface area contributed by atoms with Crippen molar-refractivity contribution >= 4 is 34.1 Å². The van der Waals surface area contributed by atoms with Crippen molar-refractivity contribution in [2.75, 3.05) is 24.0 Å². The Kier molecular flexibility index (Phi) is 9.81. The van der Waals surface area contributed by atoms with Crippen molar-refractivity contribution in [3.05, 3.63) is 180 Å². The number of nitrogens with zero attached hydrogens (tertiary/aromatic N) is 2. The zero-order chi connectivity index (χ0) is 36.2. The molecule has 0 aliphatic carbocycles. The maximum atomic E-state index is 5.44. The van der Waals surface area contributed by atoms with E-state index in [-0.39, 0.29) is 0 Å². The van der Waals surface area contributed by atoms with E-state index in [4.69, 9.17) is 9.47 Å². The summed E-state index contributed by atoms with van der Waals surface area (Å²) in [4.78, 5) is 4.61. The lowest BCUT2D eigenvalue weighted by Gasteiger charge is -2.27. The summed E-state index contributed by atoms with van der Waals surface area (Å²) in [7, 11) is 3.40. The molecular formula is C48H44N2O2. The van der Waals surface area contributed by atoms with E-state index in [0.717, 1.165) is 45.6 Å². The smallest absolute Gasteiger partial charge is 0.119 e. The van der Waals surface area contributed by atoms with E-state index >= 15 is 0 Å². The summed E-state index contributed by atoms with van der Waals surface area (Å²) >= 11 is 0. The molecule has 0 N–H and O–H groups in total. The van der Waals surface area contributed by atoms with Crippen molar-refractivity contribution in [3.63, 3.8) is 0 Å². The van der Waals surface area contributed by atoms with Gasteiger partial charge in [-0.25, -0.2) is 0 Å². The van der Waals surface area contributed by atoms with Crippen LogP contribution >= 0.6 is 0 Å². The molecule has 258 valence electrons. The molecule has 0 fully saturated rings. The van der Waals surface area contributed by atoms with E-state index < -0.39 is 0 Å². The van der Waals surface area contributed by atoms with E-state index in [1.807, 2.05) is 24.3 Å². The normalized spacial score (nSPS) is 10.9. The van der Waals surface area contributed by atoms with Crippen molar-refractivity contribution in [1.29, 1.82) is 0 Å². The average Bonchev–Trinajstić information content (AvgIpc) is 3.18. The summed E-state index contributed by atoms with van der Waals surface area (Å²) in [5.41, 5.74) is 16.3.